The number of aryl methyl sites for hydroxylation is 2. The van der Waals surface area contributed by atoms with E-state index in [9.17, 15) is 0 Å². The summed E-state index contributed by atoms with van der Waals surface area (Å²) in [6.45, 7) is 4.39. The zero-order valence-electron chi connectivity index (χ0n) is 16.0. The maximum absolute atomic E-state index is 3.66. The van der Waals surface area contributed by atoms with E-state index in [4.69, 9.17) is 0 Å². The monoisotopic (exact) mass is 379 g/mol. The first-order valence-corrected chi connectivity index (χ1v) is 10.7. The molecule has 0 fully saturated rings. The number of allylic oxidation sites excluding steroid dienone is 2. The van der Waals surface area contributed by atoms with Crippen LogP contribution in [0.2, 0.25) is 0 Å². The number of thiophene rings is 1. The molecule has 0 spiro atoms. The minimum atomic E-state index is 0.367. The van der Waals surface area contributed by atoms with E-state index in [2.05, 4.69) is 92.0 Å². The van der Waals surface area contributed by atoms with Gasteiger partial charge in [-0.25, -0.2) is 0 Å². The van der Waals surface area contributed by atoms with Crippen molar-refractivity contribution in [3.05, 3.63) is 95.1 Å². The maximum atomic E-state index is 3.66. The summed E-state index contributed by atoms with van der Waals surface area (Å²) in [5.41, 5.74) is 8.04. The predicted molar refractivity (Wildman–Crippen MR) is 123 cm³/mol. The minimum Gasteiger partial charge on any atom is -0.378 e. The molecule has 0 bridgehead atoms. The summed E-state index contributed by atoms with van der Waals surface area (Å²) in [5, 5.41) is 6.43. The van der Waals surface area contributed by atoms with Gasteiger partial charge in [0.1, 0.15) is 0 Å². The van der Waals surface area contributed by atoms with Gasteiger partial charge >= 0.3 is 0 Å². The van der Waals surface area contributed by atoms with Gasteiger partial charge in [0.05, 0.1) is 6.04 Å². The molecule has 1 aliphatic carbocycles. The highest BCUT2D eigenvalue weighted by Crippen LogP contribution is 2.44. The molecule has 0 saturated carbocycles. The van der Waals surface area contributed by atoms with Crippen molar-refractivity contribution in [3.63, 3.8) is 0 Å². The highest BCUT2D eigenvalue weighted by atomic mass is 32.1. The van der Waals surface area contributed by atoms with Gasteiger partial charge in [-0.1, -0.05) is 48.1 Å². The Balaban J connectivity index is 1.57. The van der Waals surface area contributed by atoms with Gasteiger partial charge in [0.2, 0.25) is 0 Å². The number of nitrogens with one attached hydrogen (secondary N) is 1. The largest absolute Gasteiger partial charge is 0.378 e. The van der Waals surface area contributed by atoms with E-state index >= 15 is 0 Å². The molecular formula is C26H21NS. The normalized spacial score (nSPS) is 20.1. The van der Waals surface area contributed by atoms with Gasteiger partial charge in [0.25, 0.3) is 0 Å². The molecule has 6 rings (SSSR count). The van der Waals surface area contributed by atoms with Crippen LogP contribution >= 0.6 is 11.3 Å². The van der Waals surface area contributed by atoms with Gasteiger partial charge < -0.3 is 5.32 Å². The Kier molecular flexibility index (Phi) is 3.36. The third-order valence-electron chi connectivity index (χ3n) is 6.05. The summed E-state index contributed by atoms with van der Waals surface area (Å²) in [6, 6.07) is 20.6. The van der Waals surface area contributed by atoms with Crippen LogP contribution in [-0.4, -0.2) is 6.04 Å². The summed E-state index contributed by atoms with van der Waals surface area (Å²) in [6.07, 6.45) is 7.11. The molecule has 1 aliphatic heterocycles. The molecule has 4 aromatic rings. The molecule has 0 saturated heterocycles. The van der Waals surface area contributed by atoms with Crippen molar-refractivity contribution in [2.45, 2.75) is 25.8 Å². The van der Waals surface area contributed by atoms with Crippen molar-refractivity contribution in [1.29, 1.82) is 0 Å². The number of fused-ring (bicyclic) bond motifs is 6. The number of hydrogen-bond donors (Lipinski definition) is 1. The molecule has 3 aromatic carbocycles. The van der Waals surface area contributed by atoms with E-state index in [0.29, 0.717) is 12.0 Å². The zero-order chi connectivity index (χ0) is 18.8. The molecule has 2 heterocycles. The fourth-order valence-electron chi connectivity index (χ4n) is 4.73. The molecule has 136 valence electrons. The first-order chi connectivity index (χ1) is 13.7. The molecule has 1 nitrogen and oxygen atoms in total. The third-order valence-corrected chi connectivity index (χ3v) is 7.27. The van der Waals surface area contributed by atoms with Gasteiger partial charge in [0, 0.05) is 31.8 Å². The topological polar surface area (TPSA) is 12.0 Å². The van der Waals surface area contributed by atoms with E-state index in [1.807, 2.05) is 11.3 Å². The Labute approximate surface area is 169 Å². The summed E-state index contributed by atoms with van der Waals surface area (Å²) in [5.74, 6) is 0.406. The molecule has 2 atom stereocenters. The molecule has 2 heteroatoms. The Morgan fingerprint density at radius 2 is 1.75 bits per heavy atom. The van der Waals surface area contributed by atoms with Gasteiger partial charge in [-0.05, 0) is 66.4 Å². The van der Waals surface area contributed by atoms with Gasteiger partial charge in [-0.3, -0.25) is 0 Å². The number of hydrogen-bond acceptors (Lipinski definition) is 2. The summed E-state index contributed by atoms with van der Waals surface area (Å²) < 4.78 is 2.78. The molecule has 0 amide bonds. The second kappa shape index (κ2) is 5.83. The van der Waals surface area contributed by atoms with Crippen LogP contribution in [0.3, 0.4) is 0 Å². The van der Waals surface area contributed by atoms with Crippen LogP contribution in [-0.2, 0) is 0 Å². The number of para-hydroxylation sites is 1. The molecular weight excluding hydrogens is 358 g/mol. The quantitative estimate of drug-likeness (QED) is 0.369. The number of rotatable bonds is 1. The Morgan fingerprint density at radius 1 is 0.893 bits per heavy atom. The lowest BCUT2D eigenvalue weighted by atomic mass is 9.86. The first-order valence-electron chi connectivity index (χ1n) is 9.87. The molecule has 1 aromatic heterocycles. The number of anilines is 1. The van der Waals surface area contributed by atoms with Crippen molar-refractivity contribution in [3.8, 4) is 0 Å². The Hall–Kier alpha value is -2.84. The van der Waals surface area contributed by atoms with Crippen LogP contribution in [0.1, 0.15) is 28.2 Å². The highest BCUT2D eigenvalue weighted by Gasteiger charge is 2.31. The van der Waals surface area contributed by atoms with Gasteiger partial charge in [0.15, 0.2) is 0 Å². The molecule has 28 heavy (non-hydrogen) atoms. The fourth-order valence-corrected chi connectivity index (χ4v) is 5.93. The standard InChI is InChI=1S/C26H21NS/c1-15-7-10-25-21(11-15)22-13-16(2)12-19(26(22)28-25)17-8-9-24-20(14-17)18-5-3-4-6-23(18)27-24/h3-14,20,24,27H,1-2H3. The zero-order valence-corrected chi connectivity index (χ0v) is 16.8. The molecule has 1 N–H and O–H groups in total. The average molecular weight is 380 g/mol. The van der Waals surface area contributed by atoms with Crippen molar-refractivity contribution in [1.82, 2.24) is 0 Å². The van der Waals surface area contributed by atoms with E-state index in [0.717, 1.165) is 0 Å². The lowest BCUT2D eigenvalue weighted by molar-refractivity contribution is 0.808. The van der Waals surface area contributed by atoms with E-state index in [-0.39, 0.29) is 0 Å². The minimum absolute atomic E-state index is 0.367. The van der Waals surface area contributed by atoms with Crippen molar-refractivity contribution in [2.24, 2.45) is 0 Å². The van der Waals surface area contributed by atoms with Gasteiger partial charge in [-0.2, -0.15) is 0 Å². The van der Waals surface area contributed by atoms with E-state index in [1.165, 1.54) is 53.7 Å². The van der Waals surface area contributed by atoms with E-state index in [1.54, 1.807) is 0 Å². The van der Waals surface area contributed by atoms with E-state index < -0.39 is 0 Å². The predicted octanol–water partition coefficient (Wildman–Crippen LogP) is 7.20. The lowest BCUT2D eigenvalue weighted by Crippen LogP contribution is -2.18. The average Bonchev–Trinajstić information content (AvgIpc) is 3.25. The van der Waals surface area contributed by atoms with Gasteiger partial charge in [-0.15, -0.1) is 11.3 Å². The summed E-state index contributed by atoms with van der Waals surface area (Å²) in [7, 11) is 0. The first kappa shape index (κ1) is 16.1. The summed E-state index contributed by atoms with van der Waals surface area (Å²) >= 11 is 1.92. The van der Waals surface area contributed by atoms with Crippen LogP contribution < -0.4 is 5.32 Å². The maximum Gasteiger partial charge on any atom is 0.0552 e. The second-order valence-corrected chi connectivity index (χ2v) is 9.11. The van der Waals surface area contributed by atoms with Crippen molar-refractivity contribution >= 4 is 42.8 Å². The molecule has 2 aliphatic rings. The highest BCUT2D eigenvalue weighted by molar-refractivity contribution is 7.26. The smallest absolute Gasteiger partial charge is 0.0552 e. The van der Waals surface area contributed by atoms with Crippen LogP contribution in [0.25, 0.3) is 25.7 Å². The molecule has 2 unspecified atom stereocenters. The second-order valence-electron chi connectivity index (χ2n) is 8.06. The Bertz CT molecular complexity index is 1320. The lowest BCUT2D eigenvalue weighted by Gasteiger charge is -2.20. The van der Waals surface area contributed by atoms with Crippen LogP contribution in [0, 0.1) is 13.8 Å². The summed E-state index contributed by atoms with van der Waals surface area (Å²) in [4.78, 5) is 0. The van der Waals surface area contributed by atoms with Crippen LogP contribution in [0.4, 0.5) is 5.69 Å². The van der Waals surface area contributed by atoms with Crippen LogP contribution in [0.15, 0.2) is 72.8 Å². The molecule has 0 radical (unpaired) electrons. The SMILES string of the molecule is Cc1ccc2sc3c(C4=CC5c6ccccc6NC5C=C4)cc(C)cc3c2c1. The fraction of sp³-hybridized carbons (Fsp3) is 0.154. The van der Waals surface area contributed by atoms with Crippen molar-refractivity contribution in [2.75, 3.05) is 5.32 Å². The number of benzene rings is 3. The van der Waals surface area contributed by atoms with Crippen LogP contribution in [0.5, 0.6) is 0 Å². The third kappa shape index (κ3) is 2.31. The van der Waals surface area contributed by atoms with Crippen molar-refractivity contribution < 1.29 is 0 Å². The Morgan fingerprint density at radius 3 is 2.68 bits per heavy atom.